The summed E-state index contributed by atoms with van der Waals surface area (Å²) in [5, 5.41) is 0. The third kappa shape index (κ3) is 1.59. The molecular weight excluding hydrogens is 452 g/mol. The Balaban J connectivity index is 2.43. The van der Waals surface area contributed by atoms with Gasteiger partial charge in [-0.05, 0) is 53.9 Å². The van der Waals surface area contributed by atoms with Gasteiger partial charge in [0, 0.05) is 13.4 Å². The van der Waals surface area contributed by atoms with Crippen LogP contribution in [0.3, 0.4) is 0 Å². The molecule has 4 nitrogen and oxygen atoms in total. The molecule has 90 valence electrons. The molecule has 0 saturated carbocycles. The van der Waals surface area contributed by atoms with Gasteiger partial charge in [-0.2, -0.15) is 8.75 Å². The van der Waals surface area contributed by atoms with E-state index < -0.39 is 0 Å². The predicted molar refractivity (Wildman–Crippen MR) is 76.3 cm³/mol. The summed E-state index contributed by atoms with van der Waals surface area (Å²) in [6.07, 6.45) is 0. The number of halogens is 3. The van der Waals surface area contributed by atoms with Crippen molar-refractivity contribution < 1.29 is 9.59 Å². The molecule has 0 unspecified atom stereocenters. The first kappa shape index (κ1) is 12.6. The van der Waals surface area contributed by atoms with Crippen LogP contribution in [0, 0.1) is 0 Å². The highest BCUT2D eigenvalue weighted by Gasteiger charge is 2.37. The lowest BCUT2D eigenvalue weighted by Gasteiger charge is -2.16. The summed E-state index contributed by atoms with van der Waals surface area (Å²) >= 11 is 10.8. The van der Waals surface area contributed by atoms with Gasteiger partial charge < -0.3 is 0 Å². The summed E-state index contributed by atoms with van der Waals surface area (Å²) in [5.41, 5.74) is 0.910. The molecule has 1 aliphatic rings. The van der Waals surface area contributed by atoms with Crippen molar-refractivity contribution in [1.29, 1.82) is 0 Å². The van der Waals surface area contributed by atoms with Gasteiger partial charge in [-0.3, -0.25) is 9.59 Å². The summed E-state index contributed by atoms with van der Waals surface area (Å²) in [6, 6.07) is 1.72. The normalized spacial score (nSPS) is 13.5. The molecule has 0 radical (unpaired) electrons. The van der Waals surface area contributed by atoms with Crippen molar-refractivity contribution in [3.8, 4) is 0 Å². The summed E-state index contributed by atoms with van der Waals surface area (Å²) in [5.74, 6) is -0.573. The van der Waals surface area contributed by atoms with E-state index in [0.29, 0.717) is 24.5 Å². The van der Waals surface area contributed by atoms with Gasteiger partial charge in [-0.15, -0.1) is 0 Å². The van der Waals surface area contributed by atoms with Gasteiger partial charge in [0.25, 0.3) is 0 Å². The van der Waals surface area contributed by atoms with Gasteiger partial charge >= 0.3 is 0 Å². The minimum absolute atomic E-state index is 0.128. The number of hydrogen-bond donors (Lipinski definition) is 0. The number of rotatable bonds is 0. The Hall–Kier alpha value is -0.440. The number of fused-ring (bicyclic) bond motifs is 2. The highest BCUT2D eigenvalue weighted by molar-refractivity contribution is 9.13. The second-order valence-corrected chi connectivity index (χ2v) is 6.55. The SMILES string of the molecule is O=C1c2nsnc2C(=O)c2c(Br)c(Br)cc(Br)c21. The van der Waals surface area contributed by atoms with Crippen LogP contribution in [-0.4, -0.2) is 20.3 Å². The van der Waals surface area contributed by atoms with Crippen LogP contribution in [0.4, 0.5) is 0 Å². The number of carbonyl (C=O) groups is 2. The van der Waals surface area contributed by atoms with Crippen LogP contribution < -0.4 is 0 Å². The van der Waals surface area contributed by atoms with E-state index in [0.717, 1.165) is 11.7 Å². The van der Waals surface area contributed by atoms with Crippen LogP contribution in [-0.2, 0) is 0 Å². The molecular formula is C10HBr3N2O2S. The zero-order chi connectivity index (χ0) is 13.0. The van der Waals surface area contributed by atoms with Gasteiger partial charge in [0.1, 0.15) is 0 Å². The highest BCUT2D eigenvalue weighted by Crippen LogP contribution is 2.39. The summed E-state index contributed by atoms with van der Waals surface area (Å²) in [4.78, 5) is 24.6. The van der Waals surface area contributed by atoms with Crippen LogP contribution in [0.15, 0.2) is 19.5 Å². The molecule has 2 aromatic rings. The number of ketones is 2. The maximum absolute atomic E-state index is 12.3. The van der Waals surface area contributed by atoms with Crippen molar-refractivity contribution in [1.82, 2.24) is 8.75 Å². The Morgan fingerprint density at radius 2 is 1.44 bits per heavy atom. The maximum atomic E-state index is 12.3. The Morgan fingerprint density at radius 3 is 2.06 bits per heavy atom. The summed E-state index contributed by atoms with van der Waals surface area (Å²) in [7, 11) is 0. The number of aromatic nitrogens is 2. The van der Waals surface area contributed by atoms with E-state index in [1.54, 1.807) is 6.07 Å². The van der Waals surface area contributed by atoms with E-state index in [1.165, 1.54) is 0 Å². The van der Waals surface area contributed by atoms with Crippen molar-refractivity contribution in [2.75, 3.05) is 0 Å². The number of benzene rings is 1. The van der Waals surface area contributed by atoms with Gasteiger partial charge in [0.05, 0.1) is 22.9 Å². The van der Waals surface area contributed by atoms with Crippen LogP contribution in [0.5, 0.6) is 0 Å². The first-order valence-electron chi connectivity index (χ1n) is 4.61. The third-order valence-corrected chi connectivity index (χ3v) is 5.68. The molecule has 0 N–H and O–H groups in total. The van der Waals surface area contributed by atoms with Crippen LogP contribution in [0.25, 0.3) is 0 Å². The fourth-order valence-corrected chi connectivity index (χ4v) is 4.13. The number of hydrogen-bond acceptors (Lipinski definition) is 5. The Kier molecular flexibility index (Phi) is 3.00. The molecule has 0 spiro atoms. The van der Waals surface area contributed by atoms with Gasteiger partial charge in [-0.25, -0.2) is 0 Å². The quantitative estimate of drug-likeness (QED) is 0.489. The summed E-state index contributed by atoms with van der Waals surface area (Å²) in [6.45, 7) is 0. The third-order valence-electron chi connectivity index (χ3n) is 2.54. The van der Waals surface area contributed by atoms with Crippen molar-refractivity contribution >= 4 is 71.1 Å². The molecule has 18 heavy (non-hydrogen) atoms. The monoisotopic (exact) mass is 450 g/mol. The van der Waals surface area contributed by atoms with Gasteiger partial charge in [-0.1, -0.05) is 0 Å². The molecule has 8 heteroatoms. The van der Waals surface area contributed by atoms with Crippen molar-refractivity contribution in [2.24, 2.45) is 0 Å². The first-order valence-corrected chi connectivity index (χ1v) is 7.72. The summed E-state index contributed by atoms with van der Waals surface area (Å²) < 4.78 is 9.60. The number of carbonyl (C=O) groups excluding carboxylic acids is 2. The largest absolute Gasteiger partial charge is 0.287 e. The van der Waals surface area contributed by atoms with E-state index in [2.05, 4.69) is 56.5 Å². The molecule has 0 fully saturated rings. The van der Waals surface area contributed by atoms with Crippen LogP contribution >= 0.6 is 59.5 Å². The van der Waals surface area contributed by atoms with Gasteiger partial charge in [0.2, 0.25) is 11.6 Å². The van der Waals surface area contributed by atoms with Crippen molar-refractivity contribution in [2.45, 2.75) is 0 Å². The average Bonchev–Trinajstić information content (AvgIpc) is 2.80. The fraction of sp³-hybridized carbons (Fsp3) is 0. The smallest absolute Gasteiger partial charge is 0.216 e. The average molecular weight is 453 g/mol. The van der Waals surface area contributed by atoms with E-state index in [-0.39, 0.29) is 23.0 Å². The van der Waals surface area contributed by atoms with E-state index in [9.17, 15) is 9.59 Å². The molecule has 0 amide bonds. The Labute approximate surface area is 131 Å². The molecule has 0 saturated heterocycles. The molecule has 1 aromatic heterocycles. The molecule has 3 rings (SSSR count). The second kappa shape index (κ2) is 4.29. The lowest BCUT2D eigenvalue weighted by Crippen LogP contribution is -2.22. The maximum Gasteiger partial charge on any atom is 0.216 e. The highest BCUT2D eigenvalue weighted by atomic mass is 79.9. The first-order chi connectivity index (χ1) is 8.52. The second-order valence-electron chi connectivity index (χ2n) is 3.52. The minimum Gasteiger partial charge on any atom is -0.287 e. The van der Waals surface area contributed by atoms with E-state index in [4.69, 9.17) is 0 Å². The van der Waals surface area contributed by atoms with E-state index in [1.807, 2.05) is 0 Å². The standard InChI is InChI=1S/C10HBr3N2O2S/c11-2-1-3(12)6(13)5-4(2)9(16)7-8(10(5)17)15-18-14-7/h1H. The molecule has 1 aromatic carbocycles. The fourth-order valence-electron chi connectivity index (χ4n) is 1.75. The lowest BCUT2D eigenvalue weighted by atomic mass is 9.90. The molecule has 0 bridgehead atoms. The molecule has 0 aliphatic heterocycles. The zero-order valence-electron chi connectivity index (χ0n) is 8.33. The lowest BCUT2D eigenvalue weighted by molar-refractivity contribution is 0.0973. The van der Waals surface area contributed by atoms with E-state index >= 15 is 0 Å². The molecule has 1 heterocycles. The van der Waals surface area contributed by atoms with Crippen molar-refractivity contribution in [3.05, 3.63) is 42.0 Å². The Morgan fingerprint density at radius 1 is 0.889 bits per heavy atom. The minimum atomic E-state index is -0.290. The molecule has 1 aliphatic carbocycles. The Bertz CT molecular complexity index is 726. The van der Waals surface area contributed by atoms with Crippen LogP contribution in [0.1, 0.15) is 32.1 Å². The van der Waals surface area contributed by atoms with Crippen molar-refractivity contribution in [3.63, 3.8) is 0 Å². The number of nitrogens with zero attached hydrogens (tertiary/aromatic N) is 2. The molecule has 0 atom stereocenters. The predicted octanol–water partition coefficient (Wildman–Crippen LogP) is 3.60. The topological polar surface area (TPSA) is 59.9 Å². The van der Waals surface area contributed by atoms with Gasteiger partial charge in [0.15, 0.2) is 11.4 Å². The van der Waals surface area contributed by atoms with Crippen LogP contribution in [0.2, 0.25) is 0 Å². The zero-order valence-corrected chi connectivity index (χ0v) is 13.9.